The quantitative estimate of drug-likeness (QED) is 0.591. The summed E-state index contributed by atoms with van der Waals surface area (Å²) in [5.74, 6) is 2.26. The number of hydrogen-bond donors (Lipinski definition) is 0. The molecule has 0 aromatic heterocycles. The molecule has 1 nitrogen and oxygen atoms in total. The van der Waals surface area contributed by atoms with Gasteiger partial charge in [-0.25, -0.2) is 0 Å². The van der Waals surface area contributed by atoms with Crippen LogP contribution in [0.5, 0.6) is 0 Å². The van der Waals surface area contributed by atoms with E-state index >= 15 is 0 Å². The Labute approximate surface area is 120 Å². The first kappa shape index (κ1) is 15.9. The topological polar surface area (TPSA) is 9.23 Å². The van der Waals surface area contributed by atoms with Crippen molar-refractivity contribution < 1.29 is 4.74 Å². The first-order valence-corrected chi connectivity index (χ1v) is 8.81. The van der Waals surface area contributed by atoms with Crippen molar-refractivity contribution in [2.24, 2.45) is 0 Å². The molecule has 0 amide bonds. The lowest BCUT2D eigenvalue weighted by atomic mass is 10.1. The third-order valence-electron chi connectivity index (χ3n) is 2.65. The average molecular weight is 284 g/mol. The molecule has 2 atom stereocenters. The van der Waals surface area contributed by atoms with E-state index in [1.165, 1.54) is 5.56 Å². The van der Waals surface area contributed by atoms with Crippen molar-refractivity contribution >= 4 is 23.5 Å². The number of thioether (sulfide) groups is 2. The van der Waals surface area contributed by atoms with Crippen molar-refractivity contribution in [1.82, 2.24) is 0 Å². The summed E-state index contributed by atoms with van der Waals surface area (Å²) in [7, 11) is 0. The molecule has 0 N–H and O–H groups in total. The van der Waals surface area contributed by atoms with Gasteiger partial charge >= 0.3 is 0 Å². The van der Waals surface area contributed by atoms with Gasteiger partial charge in [0.05, 0.1) is 0 Å². The molecule has 0 saturated heterocycles. The fourth-order valence-electron chi connectivity index (χ4n) is 1.90. The molecule has 0 aliphatic carbocycles. The average Bonchev–Trinajstić information content (AvgIpc) is 2.40. The van der Waals surface area contributed by atoms with Gasteiger partial charge < -0.3 is 4.74 Å². The van der Waals surface area contributed by atoms with Crippen LogP contribution < -0.4 is 0 Å². The summed E-state index contributed by atoms with van der Waals surface area (Å²) in [5, 5.41) is 0.548. The molecule has 1 aromatic rings. The fraction of sp³-hybridized carbons (Fsp3) is 0.600. The van der Waals surface area contributed by atoms with Crippen molar-refractivity contribution in [2.75, 3.05) is 18.1 Å². The van der Waals surface area contributed by atoms with E-state index in [0.29, 0.717) is 10.7 Å². The van der Waals surface area contributed by atoms with Gasteiger partial charge in [-0.05, 0) is 30.4 Å². The minimum Gasteiger partial charge on any atom is -0.368 e. The normalized spacial score (nSPS) is 14.4. The minimum absolute atomic E-state index is 0.323. The highest BCUT2D eigenvalue weighted by atomic mass is 32.2. The second-order valence-electron chi connectivity index (χ2n) is 3.93. The van der Waals surface area contributed by atoms with E-state index < -0.39 is 0 Å². The number of rotatable bonds is 9. The van der Waals surface area contributed by atoms with Gasteiger partial charge in [0.2, 0.25) is 0 Å². The second-order valence-corrected chi connectivity index (χ2v) is 6.85. The van der Waals surface area contributed by atoms with Crippen molar-refractivity contribution in [2.45, 2.75) is 37.9 Å². The van der Waals surface area contributed by atoms with E-state index in [0.717, 1.165) is 24.5 Å². The van der Waals surface area contributed by atoms with Gasteiger partial charge in [-0.2, -0.15) is 11.8 Å². The van der Waals surface area contributed by atoms with E-state index in [1.807, 2.05) is 23.5 Å². The molecule has 102 valence electrons. The fourth-order valence-corrected chi connectivity index (χ4v) is 4.02. The van der Waals surface area contributed by atoms with E-state index in [4.69, 9.17) is 4.74 Å². The van der Waals surface area contributed by atoms with Crippen molar-refractivity contribution in [3.05, 3.63) is 35.9 Å². The Morgan fingerprint density at radius 3 is 2.22 bits per heavy atom. The Morgan fingerprint density at radius 2 is 1.67 bits per heavy atom. The highest BCUT2D eigenvalue weighted by Crippen LogP contribution is 2.36. The zero-order valence-corrected chi connectivity index (χ0v) is 13.2. The third kappa shape index (κ3) is 5.68. The molecule has 0 heterocycles. The van der Waals surface area contributed by atoms with Crippen LogP contribution >= 0.6 is 23.5 Å². The maximum atomic E-state index is 5.83. The van der Waals surface area contributed by atoms with E-state index in [9.17, 15) is 0 Å². The van der Waals surface area contributed by atoms with Gasteiger partial charge in [-0.1, -0.05) is 44.2 Å². The van der Waals surface area contributed by atoms with E-state index in [-0.39, 0.29) is 0 Å². The Morgan fingerprint density at radius 1 is 1.00 bits per heavy atom. The lowest BCUT2D eigenvalue weighted by Gasteiger charge is -2.22. The summed E-state index contributed by atoms with van der Waals surface area (Å²) in [4.78, 5) is 0. The van der Waals surface area contributed by atoms with Crippen LogP contribution in [-0.4, -0.2) is 23.5 Å². The first-order chi connectivity index (χ1) is 8.81. The van der Waals surface area contributed by atoms with Crippen LogP contribution in [0, 0.1) is 0 Å². The molecule has 0 fully saturated rings. The highest BCUT2D eigenvalue weighted by Gasteiger charge is 2.18. The van der Waals surface area contributed by atoms with Crippen molar-refractivity contribution in [3.63, 3.8) is 0 Å². The Kier molecular flexibility index (Phi) is 8.64. The van der Waals surface area contributed by atoms with E-state index in [1.54, 1.807) is 0 Å². The van der Waals surface area contributed by atoms with Crippen LogP contribution in [0.4, 0.5) is 0 Å². The van der Waals surface area contributed by atoms with Crippen LogP contribution in [0.15, 0.2) is 30.3 Å². The lowest BCUT2D eigenvalue weighted by molar-refractivity contribution is 0.119. The van der Waals surface area contributed by atoms with Gasteiger partial charge in [0.1, 0.15) is 5.44 Å². The number of hydrogen-bond acceptors (Lipinski definition) is 3. The molecule has 1 aromatic carbocycles. The Hall–Kier alpha value is -0.120. The summed E-state index contributed by atoms with van der Waals surface area (Å²) >= 11 is 3.93. The third-order valence-corrected chi connectivity index (χ3v) is 4.88. The molecule has 0 spiro atoms. The van der Waals surface area contributed by atoms with Crippen molar-refractivity contribution in [3.8, 4) is 0 Å². The molecule has 0 radical (unpaired) electrons. The summed E-state index contributed by atoms with van der Waals surface area (Å²) in [6.45, 7) is 7.30. The number of benzene rings is 1. The zero-order chi connectivity index (χ0) is 13.2. The standard InChI is InChI=1S/C15H24OS2/c1-4-16-15(18-6-3)12-14(17-5-2)13-10-8-7-9-11-13/h7-11,14-15H,4-6,12H2,1-3H3. The first-order valence-electron chi connectivity index (χ1n) is 6.71. The monoisotopic (exact) mass is 284 g/mol. The largest absolute Gasteiger partial charge is 0.368 e. The molecular weight excluding hydrogens is 260 g/mol. The van der Waals surface area contributed by atoms with Gasteiger partial charge in [0.15, 0.2) is 0 Å². The van der Waals surface area contributed by atoms with Gasteiger partial charge in [-0.3, -0.25) is 0 Å². The summed E-state index contributed by atoms with van der Waals surface area (Å²) in [5.41, 5.74) is 1.75. The van der Waals surface area contributed by atoms with E-state index in [2.05, 4.69) is 51.1 Å². The summed E-state index contributed by atoms with van der Waals surface area (Å²) in [6, 6.07) is 10.8. The molecule has 18 heavy (non-hydrogen) atoms. The molecule has 2 unspecified atom stereocenters. The van der Waals surface area contributed by atoms with Crippen LogP contribution in [0.3, 0.4) is 0 Å². The molecule has 0 aliphatic rings. The molecule has 3 heteroatoms. The highest BCUT2D eigenvalue weighted by molar-refractivity contribution is 8.00. The SMILES string of the molecule is CCOC(CC(SCC)c1ccccc1)SCC. The lowest BCUT2D eigenvalue weighted by Crippen LogP contribution is -2.13. The molecule has 0 saturated carbocycles. The smallest absolute Gasteiger partial charge is 0.104 e. The molecule has 1 rings (SSSR count). The maximum Gasteiger partial charge on any atom is 0.104 e. The Balaban J connectivity index is 2.66. The van der Waals surface area contributed by atoms with Gasteiger partial charge in [0, 0.05) is 11.9 Å². The zero-order valence-electron chi connectivity index (χ0n) is 11.6. The Bertz CT molecular complexity index is 297. The van der Waals surface area contributed by atoms with Crippen LogP contribution in [0.2, 0.25) is 0 Å². The maximum absolute atomic E-state index is 5.83. The van der Waals surface area contributed by atoms with Crippen molar-refractivity contribution in [1.29, 1.82) is 0 Å². The van der Waals surface area contributed by atoms with Crippen LogP contribution in [0.1, 0.15) is 38.0 Å². The summed E-state index contributed by atoms with van der Waals surface area (Å²) in [6.07, 6.45) is 1.09. The molecule has 0 aliphatic heterocycles. The predicted molar refractivity (Wildman–Crippen MR) is 85.5 cm³/mol. The predicted octanol–water partition coefficient (Wildman–Crippen LogP) is 4.99. The van der Waals surface area contributed by atoms with Gasteiger partial charge in [0.25, 0.3) is 0 Å². The molecule has 0 bridgehead atoms. The molecular formula is C15H24OS2. The number of ether oxygens (including phenoxy) is 1. The van der Waals surface area contributed by atoms with Crippen LogP contribution in [-0.2, 0) is 4.74 Å². The second kappa shape index (κ2) is 9.76. The summed E-state index contributed by atoms with van der Waals surface area (Å²) < 4.78 is 5.83. The minimum atomic E-state index is 0.323. The van der Waals surface area contributed by atoms with Gasteiger partial charge in [-0.15, -0.1) is 11.8 Å². The van der Waals surface area contributed by atoms with Crippen LogP contribution in [0.25, 0.3) is 0 Å².